The third-order valence-electron chi connectivity index (χ3n) is 4.66. The van der Waals surface area contributed by atoms with Crippen LogP contribution in [0.5, 0.6) is 11.5 Å². The van der Waals surface area contributed by atoms with Crippen LogP contribution in [0.4, 0.5) is 0 Å². The van der Waals surface area contributed by atoms with Crippen molar-refractivity contribution in [2.24, 2.45) is 5.73 Å². The molecule has 172 valence electrons. The van der Waals surface area contributed by atoms with Crippen LogP contribution in [-0.2, 0) is 14.3 Å². The molecule has 2 amide bonds. The van der Waals surface area contributed by atoms with E-state index in [-0.39, 0.29) is 26.1 Å². The molecule has 2 rings (SSSR count). The third kappa shape index (κ3) is 9.18. The molecule has 0 spiro atoms. The molecule has 0 aliphatic rings. The lowest BCUT2D eigenvalue weighted by atomic mass is 10.1. The largest absolute Gasteiger partial charge is 0.464 e. The summed E-state index contributed by atoms with van der Waals surface area (Å²) in [4.78, 5) is 36.2. The first kappa shape index (κ1) is 24.9. The molecule has 0 saturated carbocycles. The molecule has 0 radical (unpaired) electrons. The van der Waals surface area contributed by atoms with E-state index in [1.54, 1.807) is 24.3 Å². The maximum absolute atomic E-state index is 12.6. The number of nitrogens with two attached hydrogens (primary N) is 1. The van der Waals surface area contributed by atoms with Gasteiger partial charge in [0.15, 0.2) is 0 Å². The number of carbonyl (C=O) groups is 3. The fraction of sp³-hybridized carbons (Fsp3) is 0.375. The maximum atomic E-state index is 12.6. The number of nitrogens with one attached hydrogen (secondary N) is 1. The second-order valence-corrected chi connectivity index (χ2v) is 7.28. The van der Waals surface area contributed by atoms with Crippen LogP contribution < -0.4 is 15.8 Å². The molecule has 32 heavy (non-hydrogen) atoms. The summed E-state index contributed by atoms with van der Waals surface area (Å²) >= 11 is 0. The van der Waals surface area contributed by atoms with Gasteiger partial charge < -0.3 is 25.6 Å². The van der Waals surface area contributed by atoms with Crippen molar-refractivity contribution in [3.8, 4) is 11.5 Å². The Labute approximate surface area is 187 Å². The van der Waals surface area contributed by atoms with E-state index in [0.29, 0.717) is 29.9 Å². The van der Waals surface area contributed by atoms with E-state index >= 15 is 0 Å². The Bertz CT molecular complexity index is 855. The fourth-order valence-electron chi connectivity index (χ4n) is 2.92. The SMILES string of the molecule is NC(=O)CC[C@H](NC(=O)c1ccc(Oc2ccccc2)cc1)C(=O)OCCCCCCO. The van der Waals surface area contributed by atoms with Crippen LogP contribution in [0.1, 0.15) is 48.9 Å². The first-order chi connectivity index (χ1) is 15.5. The highest BCUT2D eigenvalue weighted by atomic mass is 16.5. The normalized spacial score (nSPS) is 11.4. The minimum Gasteiger partial charge on any atom is -0.464 e. The van der Waals surface area contributed by atoms with E-state index in [2.05, 4.69) is 5.32 Å². The number of primary amides is 1. The molecule has 0 aliphatic heterocycles. The molecule has 0 heterocycles. The molecule has 2 aromatic rings. The Morgan fingerprint density at radius 2 is 1.56 bits per heavy atom. The van der Waals surface area contributed by atoms with Gasteiger partial charge in [-0.15, -0.1) is 0 Å². The topological polar surface area (TPSA) is 128 Å². The highest BCUT2D eigenvalue weighted by Gasteiger charge is 2.23. The lowest BCUT2D eigenvalue weighted by Crippen LogP contribution is -2.42. The van der Waals surface area contributed by atoms with E-state index in [0.717, 1.165) is 12.8 Å². The molecule has 1 atom stereocenters. The summed E-state index contributed by atoms with van der Waals surface area (Å²) in [7, 11) is 0. The number of hydrogen-bond donors (Lipinski definition) is 3. The summed E-state index contributed by atoms with van der Waals surface area (Å²) in [5.74, 6) is -0.395. The summed E-state index contributed by atoms with van der Waals surface area (Å²) < 4.78 is 11.0. The molecule has 0 fully saturated rings. The van der Waals surface area contributed by atoms with Crippen LogP contribution in [0, 0.1) is 0 Å². The Hall–Kier alpha value is -3.39. The van der Waals surface area contributed by atoms with Gasteiger partial charge >= 0.3 is 5.97 Å². The molecule has 8 nitrogen and oxygen atoms in total. The number of unbranched alkanes of at least 4 members (excludes halogenated alkanes) is 3. The number of para-hydroxylation sites is 1. The highest BCUT2D eigenvalue weighted by molar-refractivity contribution is 5.97. The minimum atomic E-state index is -0.979. The van der Waals surface area contributed by atoms with Crippen molar-refractivity contribution in [3.63, 3.8) is 0 Å². The lowest BCUT2D eigenvalue weighted by Gasteiger charge is -2.17. The zero-order valence-corrected chi connectivity index (χ0v) is 18.0. The van der Waals surface area contributed by atoms with Crippen molar-refractivity contribution < 1.29 is 29.0 Å². The number of benzene rings is 2. The summed E-state index contributed by atoms with van der Waals surface area (Å²) in [5, 5.41) is 11.4. The van der Waals surface area contributed by atoms with Gasteiger partial charge in [0.05, 0.1) is 6.61 Å². The lowest BCUT2D eigenvalue weighted by molar-refractivity contribution is -0.146. The second-order valence-electron chi connectivity index (χ2n) is 7.28. The van der Waals surface area contributed by atoms with Gasteiger partial charge in [0.2, 0.25) is 5.91 Å². The van der Waals surface area contributed by atoms with Crippen LogP contribution in [0.15, 0.2) is 54.6 Å². The third-order valence-corrected chi connectivity index (χ3v) is 4.66. The fourth-order valence-corrected chi connectivity index (χ4v) is 2.92. The second kappa shape index (κ2) is 13.8. The molecular weight excluding hydrogens is 412 g/mol. The molecule has 0 bridgehead atoms. The van der Waals surface area contributed by atoms with Crippen molar-refractivity contribution in [1.29, 1.82) is 0 Å². The summed E-state index contributed by atoms with van der Waals surface area (Å²) in [6, 6.07) is 14.8. The van der Waals surface area contributed by atoms with Crippen LogP contribution in [0.3, 0.4) is 0 Å². The van der Waals surface area contributed by atoms with E-state index in [4.69, 9.17) is 20.3 Å². The van der Waals surface area contributed by atoms with E-state index in [1.807, 2.05) is 30.3 Å². The number of aliphatic hydroxyl groups excluding tert-OH is 1. The number of esters is 1. The number of hydrogen-bond acceptors (Lipinski definition) is 6. The molecular formula is C24H30N2O6. The van der Waals surface area contributed by atoms with E-state index < -0.39 is 23.8 Å². The average Bonchev–Trinajstić information content (AvgIpc) is 2.79. The van der Waals surface area contributed by atoms with Gasteiger partial charge in [-0.3, -0.25) is 9.59 Å². The Kier molecular flexibility index (Phi) is 10.7. The zero-order valence-electron chi connectivity index (χ0n) is 18.0. The smallest absolute Gasteiger partial charge is 0.328 e. The van der Waals surface area contributed by atoms with Crippen molar-refractivity contribution in [2.45, 2.75) is 44.6 Å². The molecule has 4 N–H and O–H groups in total. The number of ether oxygens (including phenoxy) is 2. The van der Waals surface area contributed by atoms with Crippen molar-refractivity contribution in [3.05, 3.63) is 60.2 Å². The zero-order chi connectivity index (χ0) is 23.2. The average molecular weight is 443 g/mol. The molecule has 0 unspecified atom stereocenters. The maximum Gasteiger partial charge on any atom is 0.328 e. The van der Waals surface area contributed by atoms with Gasteiger partial charge in [0.1, 0.15) is 17.5 Å². The van der Waals surface area contributed by atoms with E-state index in [1.165, 1.54) is 0 Å². The van der Waals surface area contributed by atoms with Gasteiger partial charge in [-0.05, 0) is 62.1 Å². The monoisotopic (exact) mass is 442 g/mol. The van der Waals surface area contributed by atoms with Crippen LogP contribution in [0.2, 0.25) is 0 Å². The highest BCUT2D eigenvalue weighted by Crippen LogP contribution is 2.21. The summed E-state index contributed by atoms with van der Waals surface area (Å²) in [5.41, 5.74) is 5.53. The summed E-state index contributed by atoms with van der Waals surface area (Å²) in [6.45, 7) is 0.346. The molecule has 0 aromatic heterocycles. The van der Waals surface area contributed by atoms with Gasteiger partial charge in [-0.25, -0.2) is 4.79 Å². The van der Waals surface area contributed by atoms with E-state index in [9.17, 15) is 14.4 Å². The molecule has 0 saturated heterocycles. The minimum absolute atomic E-state index is 0.0552. The van der Waals surface area contributed by atoms with Crippen molar-refractivity contribution >= 4 is 17.8 Å². The Balaban J connectivity index is 1.91. The standard InChI is InChI=1S/C24H30N2O6/c25-22(28)15-14-21(24(30)31-17-7-2-1-6-16-27)26-23(29)18-10-12-20(13-11-18)32-19-8-4-3-5-9-19/h3-5,8-13,21,27H,1-2,6-7,14-17H2,(H2,25,28)(H,26,29)/t21-/m0/s1. The van der Waals surface area contributed by atoms with Crippen LogP contribution >= 0.6 is 0 Å². The summed E-state index contributed by atoms with van der Waals surface area (Å²) in [6.07, 6.45) is 3.04. The molecule has 2 aromatic carbocycles. The van der Waals surface area contributed by atoms with Gasteiger partial charge in [0, 0.05) is 18.6 Å². The van der Waals surface area contributed by atoms with Crippen molar-refractivity contribution in [1.82, 2.24) is 5.32 Å². The quantitative estimate of drug-likeness (QED) is 0.305. The molecule has 0 aliphatic carbocycles. The van der Waals surface area contributed by atoms with Gasteiger partial charge in [-0.2, -0.15) is 0 Å². The van der Waals surface area contributed by atoms with Crippen LogP contribution in [0.25, 0.3) is 0 Å². The van der Waals surface area contributed by atoms with Gasteiger partial charge in [-0.1, -0.05) is 24.6 Å². The molecule has 8 heteroatoms. The first-order valence-corrected chi connectivity index (χ1v) is 10.7. The predicted molar refractivity (Wildman–Crippen MR) is 119 cm³/mol. The number of carbonyl (C=O) groups excluding carboxylic acids is 3. The first-order valence-electron chi connectivity index (χ1n) is 10.7. The van der Waals surface area contributed by atoms with Crippen molar-refractivity contribution in [2.75, 3.05) is 13.2 Å². The number of aliphatic hydroxyl groups is 1. The number of amides is 2. The Morgan fingerprint density at radius 3 is 2.22 bits per heavy atom. The predicted octanol–water partition coefficient (Wildman–Crippen LogP) is 2.94. The van der Waals surface area contributed by atoms with Gasteiger partial charge in [0.25, 0.3) is 5.91 Å². The number of rotatable bonds is 14. The Morgan fingerprint density at radius 1 is 0.906 bits per heavy atom. The van der Waals surface area contributed by atoms with Crippen LogP contribution in [-0.4, -0.2) is 42.1 Å².